The van der Waals surface area contributed by atoms with Gasteiger partial charge in [0, 0.05) is 11.0 Å². The number of rotatable bonds is 6. The highest BCUT2D eigenvalue weighted by atomic mass is 79.9. The minimum absolute atomic E-state index is 0.0370. The first-order chi connectivity index (χ1) is 13.0. The fourth-order valence-electron chi connectivity index (χ4n) is 2.75. The standard InChI is InChI=1S/C20H18BrNO3S2/c1-25-17-10-14(15(21)12-16(17)23)11-18-19(24)22(20(26)27-18)9-5-8-13-6-3-2-4-7-13/h2-4,6-7,10-12,23H,5,8-9H2,1H3. The van der Waals surface area contributed by atoms with E-state index in [1.807, 2.05) is 18.2 Å². The second-order valence-corrected chi connectivity index (χ2v) is 8.50. The summed E-state index contributed by atoms with van der Waals surface area (Å²) >= 11 is 10.1. The smallest absolute Gasteiger partial charge is 0.266 e. The molecule has 0 aliphatic carbocycles. The highest BCUT2D eigenvalue weighted by Gasteiger charge is 2.31. The van der Waals surface area contributed by atoms with Crippen LogP contribution in [0.2, 0.25) is 0 Å². The molecule has 1 aliphatic heterocycles. The number of benzene rings is 2. The molecule has 1 amide bonds. The number of thiocarbonyl (C=S) groups is 1. The van der Waals surface area contributed by atoms with E-state index in [1.54, 1.807) is 23.1 Å². The van der Waals surface area contributed by atoms with Crippen LogP contribution in [-0.4, -0.2) is 33.9 Å². The van der Waals surface area contributed by atoms with Crippen LogP contribution in [0.25, 0.3) is 6.08 Å². The number of hydrogen-bond donors (Lipinski definition) is 1. The monoisotopic (exact) mass is 463 g/mol. The Morgan fingerprint density at radius 3 is 2.74 bits per heavy atom. The number of thioether (sulfide) groups is 1. The molecule has 1 heterocycles. The third kappa shape index (κ3) is 4.72. The summed E-state index contributed by atoms with van der Waals surface area (Å²) in [5.41, 5.74) is 1.99. The Balaban J connectivity index is 1.71. The molecule has 0 atom stereocenters. The maximum Gasteiger partial charge on any atom is 0.266 e. The third-order valence-electron chi connectivity index (χ3n) is 4.15. The van der Waals surface area contributed by atoms with E-state index >= 15 is 0 Å². The van der Waals surface area contributed by atoms with Crippen molar-refractivity contribution in [3.05, 3.63) is 63.0 Å². The van der Waals surface area contributed by atoms with Crippen molar-refractivity contribution in [1.82, 2.24) is 4.90 Å². The quantitative estimate of drug-likeness (QED) is 0.482. The molecule has 2 aromatic carbocycles. The van der Waals surface area contributed by atoms with Crippen LogP contribution < -0.4 is 4.74 Å². The molecule has 0 aromatic heterocycles. The molecule has 0 bridgehead atoms. The number of ether oxygens (including phenoxy) is 1. The molecule has 0 unspecified atom stereocenters. The van der Waals surface area contributed by atoms with Crippen LogP contribution in [0.3, 0.4) is 0 Å². The van der Waals surface area contributed by atoms with Crippen molar-refractivity contribution in [1.29, 1.82) is 0 Å². The lowest BCUT2D eigenvalue weighted by Gasteiger charge is -2.14. The number of nitrogens with zero attached hydrogens (tertiary/aromatic N) is 1. The molecule has 0 radical (unpaired) electrons. The summed E-state index contributed by atoms with van der Waals surface area (Å²) in [4.78, 5) is 15.0. The van der Waals surface area contributed by atoms with Crippen LogP contribution >= 0.6 is 39.9 Å². The Labute approximate surface area is 176 Å². The molecule has 140 valence electrons. The molecule has 2 aromatic rings. The molecular formula is C20H18BrNO3S2. The lowest BCUT2D eigenvalue weighted by molar-refractivity contribution is -0.122. The van der Waals surface area contributed by atoms with E-state index in [2.05, 4.69) is 28.1 Å². The van der Waals surface area contributed by atoms with Gasteiger partial charge in [0.05, 0.1) is 12.0 Å². The second-order valence-electron chi connectivity index (χ2n) is 5.97. The van der Waals surface area contributed by atoms with Gasteiger partial charge < -0.3 is 9.84 Å². The Morgan fingerprint density at radius 1 is 1.30 bits per heavy atom. The molecule has 4 nitrogen and oxygen atoms in total. The summed E-state index contributed by atoms with van der Waals surface area (Å²) in [6.07, 6.45) is 3.51. The van der Waals surface area contributed by atoms with Crippen molar-refractivity contribution >= 4 is 56.2 Å². The number of aryl methyl sites for hydroxylation is 1. The topological polar surface area (TPSA) is 49.8 Å². The molecular weight excluding hydrogens is 446 g/mol. The first-order valence-electron chi connectivity index (χ1n) is 8.35. The van der Waals surface area contributed by atoms with Crippen LogP contribution in [0, 0.1) is 0 Å². The minimum Gasteiger partial charge on any atom is -0.504 e. The predicted octanol–water partition coefficient (Wildman–Crippen LogP) is 5.00. The zero-order chi connectivity index (χ0) is 19.4. The number of phenols is 1. The van der Waals surface area contributed by atoms with Crippen molar-refractivity contribution < 1.29 is 14.6 Å². The van der Waals surface area contributed by atoms with Gasteiger partial charge in [0.25, 0.3) is 5.91 Å². The number of hydrogen-bond acceptors (Lipinski definition) is 5. The first kappa shape index (κ1) is 19.9. The van der Waals surface area contributed by atoms with Crippen molar-refractivity contribution in [3.63, 3.8) is 0 Å². The summed E-state index contributed by atoms with van der Waals surface area (Å²) < 4.78 is 6.39. The average molecular weight is 464 g/mol. The molecule has 7 heteroatoms. The zero-order valence-electron chi connectivity index (χ0n) is 14.6. The van der Waals surface area contributed by atoms with Crippen LogP contribution in [-0.2, 0) is 11.2 Å². The molecule has 1 N–H and O–H groups in total. The lowest BCUT2D eigenvalue weighted by Crippen LogP contribution is -2.29. The van der Waals surface area contributed by atoms with E-state index in [4.69, 9.17) is 17.0 Å². The van der Waals surface area contributed by atoms with Crippen LogP contribution in [0.15, 0.2) is 51.8 Å². The van der Waals surface area contributed by atoms with Crippen molar-refractivity contribution in [3.8, 4) is 11.5 Å². The molecule has 1 aliphatic rings. The van der Waals surface area contributed by atoms with Gasteiger partial charge in [-0.05, 0) is 42.2 Å². The van der Waals surface area contributed by atoms with Crippen molar-refractivity contribution in [2.45, 2.75) is 12.8 Å². The maximum atomic E-state index is 12.7. The van der Waals surface area contributed by atoms with Gasteiger partial charge >= 0.3 is 0 Å². The summed E-state index contributed by atoms with van der Waals surface area (Å²) in [5, 5.41) is 9.83. The van der Waals surface area contributed by atoms with Gasteiger partial charge in [0.15, 0.2) is 11.5 Å². The second kappa shape index (κ2) is 8.91. The van der Waals surface area contributed by atoms with Gasteiger partial charge in [-0.25, -0.2) is 0 Å². The van der Waals surface area contributed by atoms with E-state index in [1.165, 1.54) is 24.4 Å². The van der Waals surface area contributed by atoms with Crippen LogP contribution in [0.4, 0.5) is 0 Å². The van der Waals surface area contributed by atoms with E-state index in [9.17, 15) is 9.90 Å². The first-order valence-corrected chi connectivity index (χ1v) is 10.4. The fraction of sp³-hybridized carbons (Fsp3) is 0.200. The number of carbonyl (C=O) groups excluding carboxylic acids is 1. The summed E-state index contributed by atoms with van der Waals surface area (Å²) in [7, 11) is 1.49. The number of aromatic hydroxyl groups is 1. The SMILES string of the molecule is COc1cc(C=C2SC(=S)N(CCCc3ccccc3)C2=O)c(Br)cc1O. The van der Waals surface area contributed by atoms with Gasteiger partial charge in [-0.1, -0.05) is 70.2 Å². The molecule has 1 saturated heterocycles. The van der Waals surface area contributed by atoms with Gasteiger partial charge in [-0.3, -0.25) is 9.69 Å². The lowest BCUT2D eigenvalue weighted by atomic mass is 10.1. The van der Waals surface area contributed by atoms with Crippen LogP contribution in [0.1, 0.15) is 17.5 Å². The average Bonchev–Trinajstić information content (AvgIpc) is 2.92. The van der Waals surface area contributed by atoms with Gasteiger partial charge in [-0.2, -0.15) is 0 Å². The number of methoxy groups -OCH3 is 1. The number of halogens is 1. The highest BCUT2D eigenvalue weighted by Crippen LogP contribution is 2.37. The Hall–Kier alpha value is -1.83. The van der Waals surface area contributed by atoms with E-state index < -0.39 is 0 Å². The number of phenolic OH excluding ortho intramolecular Hbond substituents is 1. The minimum atomic E-state index is -0.0861. The third-order valence-corrected chi connectivity index (χ3v) is 6.21. The van der Waals surface area contributed by atoms with Gasteiger partial charge in [-0.15, -0.1) is 0 Å². The fourth-order valence-corrected chi connectivity index (χ4v) is 4.50. The Morgan fingerprint density at radius 2 is 2.04 bits per heavy atom. The van der Waals surface area contributed by atoms with Crippen molar-refractivity contribution in [2.75, 3.05) is 13.7 Å². The number of carbonyl (C=O) groups is 1. The highest BCUT2D eigenvalue weighted by molar-refractivity contribution is 9.10. The summed E-state index contributed by atoms with van der Waals surface area (Å²) in [5.74, 6) is 0.301. The van der Waals surface area contributed by atoms with E-state index in [0.29, 0.717) is 26.0 Å². The van der Waals surface area contributed by atoms with Gasteiger partial charge in [0.1, 0.15) is 4.32 Å². The Bertz CT molecular complexity index is 900. The molecule has 27 heavy (non-hydrogen) atoms. The van der Waals surface area contributed by atoms with E-state index in [0.717, 1.165) is 18.4 Å². The van der Waals surface area contributed by atoms with Gasteiger partial charge in [0.2, 0.25) is 0 Å². The van der Waals surface area contributed by atoms with Crippen molar-refractivity contribution in [2.24, 2.45) is 0 Å². The normalized spacial score (nSPS) is 15.6. The molecule has 0 saturated carbocycles. The maximum absolute atomic E-state index is 12.7. The molecule has 1 fully saturated rings. The summed E-state index contributed by atoms with van der Waals surface area (Å²) in [6.45, 7) is 0.594. The molecule has 0 spiro atoms. The zero-order valence-corrected chi connectivity index (χ0v) is 17.9. The van der Waals surface area contributed by atoms with Crippen LogP contribution in [0.5, 0.6) is 11.5 Å². The van der Waals surface area contributed by atoms with E-state index in [-0.39, 0.29) is 11.7 Å². The number of amides is 1. The molecule has 3 rings (SSSR count). The summed E-state index contributed by atoms with van der Waals surface area (Å²) in [6, 6.07) is 13.4. The largest absolute Gasteiger partial charge is 0.504 e. The predicted molar refractivity (Wildman–Crippen MR) is 117 cm³/mol. The Kier molecular flexibility index (Phi) is 6.57.